The van der Waals surface area contributed by atoms with Gasteiger partial charge in [0.2, 0.25) is 0 Å². The summed E-state index contributed by atoms with van der Waals surface area (Å²) in [6, 6.07) is 0. The zero-order valence-electron chi connectivity index (χ0n) is 9.86. The average Bonchev–Trinajstić information content (AvgIpc) is 2.85. The molecule has 2 nitrogen and oxygen atoms in total. The molecule has 4 rings (SSSR count). The first-order valence-electron chi connectivity index (χ1n) is 7.07. The molecule has 0 aliphatic heterocycles. The number of hydrogen-bond acceptors (Lipinski definition) is 2. The van der Waals surface area contributed by atoms with Crippen molar-refractivity contribution in [2.24, 2.45) is 23.7 Å². The normalized spacial score (nSPS) is 63.4. The van der Waals surface area contributed by atoms with Crippen molar-refractivity contribution in [2.45, 2.75) is 62.6 Å². The lowest BCUT2D eigenvalue weighted by Gasteiger charge is -2.30. The fraction of sp³-hybridized carbons (Fsp3) is 1.00. The molecule has 6 atom stereocenters. The Labute approximate surface area is 97.0 Å². The van der Waals surface area contributed by atoms with Gasteiger partial charge in [-0.2, -0.15) is 0 Å². The van der Waals surface area contributed by atoms with Crippen LogP contribution in [-0.2, 0) is 0 Å². The van der Waals surface area contributed by atoms with Crippen molar-refractivity contribution in [3.63, 3.8) is 0 Å². The van der Waals surface area contributed by atoms with Crippen molar-refractivity contribution >= 4 is 0 Å². The molecule has 0 bridgehead atoms. The summed E-state index contributed by atoms with van der Waals surface area (Å²) in [6.07, 6.45) is 8.86. The van der Waals surface area contributed by atoms with Gasteiger partial charge in [-0.15, -0.1) is 0 Å². The van der Waals surface area contributed by atoms with E-state index in [1.165, 1.54) is 25.7 Å². The molecule has 90 valence electrons. The molecule has 2 heteroatoms. The molecule has 0 amide bonds. The van der Waals surface area contributed by atoms with Crippen molar-refractivity contribution in [3.8, 4) is 0 Å². The van der Waals surface area contributed by atoms with Gasteiger partial charge in [-0.3, -0.25) is 0 Å². The van der Waals surface area contributed by atoms with Crippen molar-refractivity contribution in [3.05, 3.63) is 0 Å². The highest BCUT2D eigenvalue weighted by atomic mass is 16.3. The molecule has 0 spiro atoms. The van der Waals surface area contributed by atoms with Crippen LogP contribution < -0.4 is 0 Å². The molecule has 16 heavy (non-hydrogen) atoms. The average molecular weight is 222 g/mol. The van der Waals surface area contributed by atoms with E-state index in [0.29, 0.717) is 23.7 Å². The van der Waals surface area contributed by atoms with Crippen LogP contribution in [-0.4, -0.2) is 21.4 Å². The van der Waals surface area contributed by atoms with Crippen LogP contribution in [0.4, 0.5) is 0 Å². The van der Waals surface area contributed by atoms with Gasteiger partial charge in [-0.05, 0) is 62.2 Å². The highest BCUT2D eigenvalue weighted by molar-refractivity contribution is 5.15. The standard InChI is InChI=1S/C14H22O2/c15-13-5-1-3-11(13)9-8-14(16)6-2-4-12(14)10(9)7-13/h9-12,15-16H,1-8H2/t9-,10-,11+,12+,13+,14+/m1/s1. The summed E-state index contributed by atoms with van der Waals surface area (Å²) in [6.45, 7) is 0. The molecule has 4 aliphatic rings. The molecule has 0 aromatic carbocycles. The molecule has 0 aromatic rings. The molecule has 4 fully saturated rings. The predicted octanol–water partition coefficient (Wildman–Crippen LogP) is 2.09. The van der Waals surface area contributed by atoms with E-state index in [1.807, 2.05) is 0 Å². The molecule has 4 saturated carbocycles. The second kappa shape index (κ2) is 2.84. The van der Waals surface area contributed by atoms with Crippen molar-refractivity contribution in [1.82, 2.24) is 0 Å². The Bertz CT molecular complexity index is 297. The van der Waals surface area contributed by atoms with E-state index in [1.54, 1.807) is 0 Å². The van der Waals surface area contributed by atoms with E-state index < -0.39 is 0 Å². The van der Waals surface area contributed by atoms with E-state index in [4.69, 9.17) is 0 Å². The van der Waals surface area contributed by atoms with Gasteiger partial charge in [0.15, 0.2) is 0 Å². The second-order valence-electron chi connectivity index (χ2n) is 6.94. The van der Waals surface area contributed by atoms with Gasteiger partial charge in [-0.1, -0.05) is 12.8 Å². The first-order valence-corrected chi connectivity index (χ1v) is 7.07. The fourth-order valence-corrected chi connectivity index (χ4v) is 5.90. The maximum atomic E-state index is 10.7. The third-order valence-corrected chi connectivity index (χ3v) is 6.39. The van der Waals surface area contributed by atoms with Crippen LogP contribution in [0.25, 0.3) is 0 Å². The van der Waals surface area contributed by atoms with E-state index >= 15 is 0 Å². The molecule has 4 aliphatic carbocycles. The van der Waals surface area contributed by atoms with Gasteiger partial charge in [-0.25, -0.2) is 0 Å². The van der Waals surface area contributed by atoms with Crippen molar-refractivity contribution in [1.29, 1.82) is 0 Å². The molecular formula is C14H22O2. The van der Waals surface area contributed by atoms with Crippen LogP contribution >= 0.6 is 0 Å². The summed E-state index contributed by atoms with van der Waals surface area (Å²) in [5.74, 6) is 2.32. The fourth-order valence-electron chi connectivity index (χ4n) is 5.90. The summed E-state index contributed by atoms with van der Waals surface area (Å²) >= 11 is 0. The van der Waals surface area contributed by atoms with Crippen LogP contribution in [0.15, 0.2) is 0 Å². The van der Waals surface area contributed by atoms with Crippen LogP contribution in [0.3, 0.4) is 0 Å². The van der Waals surface area contributed by atoms with Crippen LogP contribution in [0.5, 0.6) is 0 Å². The monoisotopic (exact) mass is 222 g/mol. The molecule has 2 N–H and O–H groups in total. The lowest BCUT2D eigenvalue weighted by molar-refractivity contribution is -0.0264. The summed E-state index contributed by atoms with van der Waals surface area (Å²) in [7, 11) is 0. The van der Waals surface area contributed by atoms with Crippen LogP contribution in [0.2, 0.25) is 0 Å². The maximum Gasteiger partial charge on any atom is 0.0681 e. The summed E-state index contributed by atoms with van der Waals surface area (Å²) < 4.78 is 0. The molecule has 0 saturated heterocycles. The Morgan fingerprint density at radius 1 is 0.750 bits per heavy atom. The summed E-state index contributed by atoms with van der Waals surface area (Å²) in [5, 5.41) is 21.3. The highest BCUT2D eigenvalue weighted by Gasteiger charge is 2.65. The minimum absolute atomic E-state index is 0.334. The predicted molar refractivity (Wildman–Crippen MR) is 60.8 cm³/mol. The van der Waals surface area contributed by atoms with Crippen LogP contribution in [0, 0.1) is 23.7 Å². The summed E-state index contributed by atoms with van der Waals surface area (Å²) in [4.78, 5) is 0. The minimum Gasteiger partial charge on any atom is -0.390 e. The number of rotatable bonds is 0. The van der Waals surface area contributed by atoms with Gasteiger partial charge in [0, 0.05) is 0 Å². The summed E-state index contributed by atoms with van der Waals surface area (Å²) in [5.41, 5.74) is -0.668. The second-order valence-corrected chi connectivity index (χ2v) is 6.94. The zero-order valence-corrected chi connectivity index (χ0v) is 9.86. The SMILES string of the molecule is O[C@]12CCC[C@H]1[C@@H]1C[C@@]3(O)CCC[C@H]3[C@@H]1C2. The molecule has 0 unspecified atom stereocenters. The highest BCUT2D eigenvalue weighted by Crippen LogP contribution is 2.66. The Kier molecular flexibility index (Phi) is 1.76. The maximum absolute atomic E-state index is 10.7. The van der Waals surface area contributed by atoms with Gasteiger partial charge in [0.1, 0.15) is 0 Å². The van der Waals surface area contributed by atoms with Gasteiger partial charge >= 0.3 is 0 Å². The number of fused-ring (bicyclic) bond motifs is 5. The van der Waals surface area contributed by atoms with Gasteiger partial charge in [0.25, 0.3) is 0 Å². The first-order chi connectivity index (χ1) is 7.62. The number of aliphatic hydroxyl groups is 2. The van der Waals surface area contributed by atoms with E-state index in [0.717, 1.165) is 25.7 Å². The Morgan fingerprint density at radius 3 is 1.62 bits per heavy atom. The third kappa shape index (κ3) is 1.01. The smallest absolute Gasteiger partial charge is 0.0681 e. The Morgan fingerprint density at radius 2 is 1.19 bits per heavy atom. The van der Waals surface area contributed by atoms with Crippen molar-refractivity contribution in [2.75, 3.05) is 0 Å². The lowest BCUT2D eigenvalue weighted by atomic mass is 9.84. The lowest BCUT2D eigenvalue weighted by Crippen LogP contribution is -2.35. The first kappa shape index (κ1) is 9.90. The largest absolute Gasteiger partial charge is 0.390 e. The molecule has 0 heterocycles. The molecule has 0 aromatic heterocycles. The molecule has 0 radical (unpaired) electrons. The quantitative estimate of drug-likeness (QED) is 0.659. The van der Waals surface area contributed by atoms with E-state index in [-0.39, 0.29) is 11.2 Å². The Balaban J connectivity index is 1.69. The van der Waals surface area contributed by atoms with Crippen molar-refractivity contribution < 1.29 is 10.2 Å². The van der Waals surface area contributed by atoms with E-state index in [2.05, 4.69) is 0 Å². The Hall–Kier alpha value is -0.0800. The topological polar surface area (TPSA) is 40.5 Å². The van der Waals surface area contributed by atoms with Gasteiger partial charge in [0.05, 0.1) is 11.2 Å². The van der Waals surface area contributed by atoms with Crippen LogP contribution in [0.1, 0.15) is 51.4 Å². The van der Waals surface area contributed by atoms with Gasteiger partial charge < -0.3 is 10.2 Å². The molecular weight excluding hydrogens is 200 g/mol. The third-order valence-electron chi connectivity index (χ3n) is 6.39. The number of hydrogen-bond donors (Lipinski definition) is 2. The zero-order chi connectivity index (χ0) is 11.0. The van der Waals surface area contributed by atoms with E-state index in [9.17, 15) is 10.2 Å². The minimum atomic E-state index is -0.334.